The van der Waals surface area contributed by atoms with Crippen molar-refractivity contribution in [3.8, 4) is 0 Å². The molecular weight excluding hydrogens is 174 g/mol. The first-order chi connectivity index (χ1) is 5.70. The molecule has 0 heterocycles. The maximum atomic E-state index is 10.3. The second-order valence-electron chi connectivity index (χ2n) is 2.05. The van der Waals surface area contributed by atoms with Crippen molar-refractivity contribution in [2.75, 3.05) is 7.05 Å². The van der Waals surface area contributed by atoms with Crippen LogP contribution in [0.1, 0.15) is 5.56 Å². The van der Waals surface area contributed by atoms with Gasteiger partial charge >= 0.3 is 0 Å². The largest absolute Gasteiger partial charge is 0.768 e. The molecule has 0 aromatic heterocycles. The van der Waals surface area contributed by atoms with E-state index >= 15 is 0 Å². The first-order valence-corrected chi connectivity index (χ1v) is 4.64. The van der Waals surface area contributed by atoms with E-state index in [4.69, 9.17) is 0 Å². The molecule has 0 amide bonds. The summed E-state index contributed by atoms with van der Waals surface area (Å²) in [7, 11) is 1.75. The highest BCUT2D eigenvalue weighted by atomic mass is 32.2. The normalized spacial score (nSPS) is 11.3. The molecule has 0 saturated heterocycles. The molecule has 12 heavy (non-hydrogen) atoms. The van der Waals surface area contributed by atoms with Crippen molar-refractivity contribution < 1.29 is 14.5 Å². The Morgan fingerprint density at radius 3 is 2.00 bits per heavy atom. The maximum Gasteiger partial charge on any atom is 0.0634 e. The predicted molar refractivity (Wildman–Crippen MR) is 47.2 cm³/mol. The van der Waals surface area contributed by atoms with Crippen LogP contribution in [0.2, 0.25) is 0 Å². The summed E-state index contributed by atoms with van der Waals surface area (Å²) >= 11 is -2.09. The Labute approximate surface area is 74.9 Å². The molecular formula is C8H13NO2S. The highest BCUT2D eigenvalue weighted by Crippen LogP contribution is 2.05. The van der Waals surface area contributed by atoms with Crippen LogP contribution < -0.4 is 5.73 Å². The van der Waals surface area contributed by atoms with Crippen LogP contribution in [0.25, 0.3) is 0 Å². The van der Waals surface area contributed by atoms with Gasteiger partial charge in [0, 0.05) is 4.90 Å². The summed E-state index contributed by atoms with van der Waals surface area (Å²) in [5.74, 6) is 0. The van der Waals surface area contributed by atoms with Crippen LogP contribution in [0, 0.1) is 6.92 Å². The minimum absolute atomic E-state index is 0.339. The van der Waals surface area contributed by atoms with Crippen LogP contribution in [0.3, 0.4) is 0 Å². The molecule has 1 unspecified atom stereocenters. The maximum absolute atomic E-state index is 10.3. The third-order valence-corrected chi connectivity index (χ3v) is 1.87. The number of aryl methyl sites for hydroxylation is 1. The molecule has 0 saturated carbocycles. The summed E-state index contributed by atoms with van der Waals surface area (Å²) in [5, 5.41) is 0. The van der Waals surface area contributed by atoms with E-state index in [1.807, 2.05) is 6.92 Å². The molecule has 0 aliphatic heterocycles. The van der Waals surface area contributed by atoms with E-state index < -0.39 is 11.1 Å². The van der Waals surface area contributed by atoms with Gasteiger partial charge in [-0.05, 0) is 30.1 Å². The number of benzene rings is 1. The highest BCUT2D eigenvalue weighted by Gasteiger charge is 1.88. The SMILES string of the molecule is C[NH3+].Cc1ccc(S(=O)[O-])cc1. The van der Waals surface area contributed by atoms with Gasteiger partial charge in [-0.15, -0.1) is 0 Å². The molecule has 3 nitrogen and oxygen atoms in total. The molecule has 1 atom stereocenters. The van der Waals surface area contributed by atoms with E-state index in [-0.39, 0.29) is 0 Å². The van der Waals surface area contributed by atoms with E-state index in [2.05, 4.69) is 5.73 Å². The summed E-state index contributed by atoms with van der Waals surface area (Å²) in [6, 6.07) is 6.70. The molecule has 1 rings (SSSR count). The fourth-order valence-electron chi connectivity index (χ4n) is 0.649. The van der Waals surface area contributed by atoms with Gasteiger partial charge in [-0.1, -0.05) is 17.7 Å². The minimum Gasteiger partial charge on any atom is -0.768 e. The van der Waals surface area contributed by atoms with Gasteiger partial charge in [0.15, 0.2) is 0 Å². The van der Waals surface area contributed by atoms with Crippen molar-refractivity contribution >= 4 is 11.1 Å². The van der Waals surface area contributed by atoms with E-state index in [1.165, 1.54) is 0 Å². The van der Waals surface area contributed by atoms with Crippen LogP contribution in [0.4, 0.5) is 0 Å². The first kappa shape index (κ1) is 11.3. The molecule has 68 valence electrons. The average Bonchev–Trinajstić information content (AvgIpc) is 2.09. The van der Waals surface area contributed by atoms with Gasteiger partial charge in [0.05, 0.1) is 7.05 Å². The minimum atomic E-state index is -2.09. The van der Waals surface area contributed by atoms with E-state index in [9.17, 15) is 8.76 Å². The molecule has 0 spiro atoms. The van der Waals surface area contributed by atoms with Crippen molar-refractivity contribution in [2.45, 2.75) is 11.8 Å². The van der Waals surface area contributed by atoms with Crippen LogP contribution in [-0.2, 0) is 11.1 Å². The van der Waals surface area contributed by atoms with Gasteiger partial charge in [-0.2, -0.15) is 0 Å². The molecule has 0 bridgehead atoms. The fraction of sp³-hybridized carbons (Fsp3) is 0.250. The van der Waals surface area contributed by atoms with Gasteiger partial charge in [0.1, 0.15) is 0 Å². The number of hydrogen-bond donors (Lipinski definition) is 1. The molecule has 3 N–H and O–H groups in total. The lowest BCUT2D eigenvalue weighted by Crippen LogP contribution is -2.40. The Bertz CT molecular complexity index is 246. The molecule has 0 radical (unpaired) electrons. The highest BCUT2D eigenvalue weighted by molar-refractivity contribution is 7.79. The van der Waals surface area contributed by atoms with Crippen LogP contribution >= 0.6 is 0 Å². The smallest absolute Gasteiger partial charge is 0.0634 e. The molecule has 4 heteroatoms. The van der Waals surface area contributed by atoms with Gasteiger partial charge in [0.2, 0.25) is 0 Å². The van der Waals surface area contributed by atoms with Crippen LogP contribution in [-0.4, -0.2) is 15.8 Å². The zero-order valence-electron chi connectivity index (χ0n) is 7.24. The lowest BCUT2D eigenvalue weighted by Gasteiger charge is -2.03. The van der Waals surface area contributed by atoms with Crippen molar-refractivity contribution in [2.24, 2.45) is 0 Å². The molecule has 0 fully saturated rings. The summed E-state index contributed by atoms with van der Waals surface area (Å²) in [5.41, 5.74) is 4.31. The zero-order chi connectivity index (χ0) is 9.56. The summed E-state index contributed by atoms with van der Waals surface area (Å²) in [6.45, 7) is 1.91. The Hall–Kier alpha value is -0.710. The van der Waals surface area contributed by atoms with Crippen molar-refractivity contribution in [1.82, 2.24) is 0 Å². The second kappa shape index (κ2) is 5.88. The molecule has 1 aromatic carbocycles. The summed E-state index contributed by atoms with van der Waals surface area (Å²) in [4.78, 5) is 0.339. The average molecular weight is 187 g/mol. The summed E-state index contributed by atoms with van der Waals surface area (Å²) in [6.07, 6.45) is 0. The van der Waals surface area contributed by atoms with Crippen molar-refractivity contribution in [3.63, 3.8) is 0 Å². The predicted octanol–water partition coefficient (Wildman–Crippen LogP) is 0.0911. The van der Waals surface area contributed by atoms with E-state index in [1.54, 1.807) is 31.3 Å². The van der Waals surface area contributed by atoms with Gasteiger partial charge in [-0.3, -0.25) is 4.21 Å². The number of hydrogen-bond acceptors (Lipinski definition) is 2. The Morgan fingerprint density at radius 2 is 1.67 bits per heavy atom. The third kappa shape index (κ3) is 3.61. The molecule has 0 aliphatic carbocycles. The Balaban J connectivity index is 0.000000561. The Morgan fingerprint density at radius 1 is 1.25 bits per heavy atom. The van der Waals surface area contributed by atoms with Gasteiger partial charge in [0.25, 0.3) is 0 Å². The standard InChI is InChI=1S/C7H8O2S.CH5N/c1-6-2-4-7(5-3-6)10(8)9;1-2/h2-5H,1H3,(H,8,9);2H2,1H3. The first-order valence-electron chi connectivity index (χ1n) is 3.57. The van der Waals surface area contributed by atoms with Crippen LogP contribution in [0.5, 0.6) is 0 Å². The lowest BCUT2D eigenvalue weighted by atomic mass is 10.2. The van der Waals surface area contributed by atoms with E-state index in [0.29, 0.717) is 4.90 Å². The number of quaternary nitrogens is 1. The van der Waals surface area contributed by atoms with Gasteiger partial charge in [-0.25, -0.2) is 0 Å². The second-order valence-corrected chi connectivity index (χ2v) is 2.99. The third-order valence-electron chi connectivity index (χ3n) is 1.21. The van der Waals surface area contributed by atoms with Crippen LogP contribution in [0.15, 0.2) is 29.2 Å². The molecule has 1 aromatic rings. The van der Waals surface area contributed by atoms with Gasteiger partial charge < -0.3 is 10.3 Å². The Kier molecular flexibility index (Phi) is 5.53. The fourth-order valence-corrected chi connectivity index (χ4v) is 1.01. The van der Waals surface area contributed by atoms with E-state index in [0.717, 1.165) is 5.56 Å². The summed E-state index contributed by atoms with van der Waals surface area (Å²) < 4.78 is 20.6. The topological polar surface area (TPSA) is 67.8 Å². The zero-order valence-corrected chi connectivity index (χ0v) is 8.06. The quantitative estimate of drug-likeness (QED) is 0.633. The number of rotatable bonds is 1. The molecule has 0 aliphatic rings. The van der Waals surface area contributed by atoms with Crippen molar-refractivity contribution in [1.29, 1.82) is 0 Å². The lowest BCUT2D eigenvalue weighted by molar-refractivity contribution is -0.325. The monoisotopic (exact) mass is 187 g/mol. The van der Waals surface area contributed by atoms with Crippen molar-refractivity contribution in [3.05, 3.63) is 29.8 Å².